The molecular formula is C24H24N2O6S. The Morgan fingerprint density at radius 2 is 1.55 bits per heavy atom. The standard InChI is InChI=1S/C24H24N2O6S/c27-12-17-18(13-6-1-3-8-15(13)21(28)29)19(14-7-2-4-9-16(14)22(30)31)20-23(32-17)33-24(25-20)26-10-5-11-26/h1-4,6-9,17-20,23,27H,5,10-12H2,(H,28,29)(H,30,31)/t17-,18-,19-,20+,23+/m0/s1. The largest absolute Gasteiger partial charge is 0.478 e. The van der Waals surface area contributed by atoms with E-state index in [1.54, 1.807) is 42.5 Å². The number of aliphatic hydroxyl groups is 1. The van der Waals surface area contributed by atoms with E-state index in [-0.39, 0.29) is 17.7 Å². The van der Waals surface area contributed by atoms with Gasteiger partial charge in [0.05, 0.1) is 29.9 Å². The van der Waals surface area contributed by atoms with Gasteiger partial charge in [-0.3, -0.25) is 4.99 Å². The van der Waals surface area contributed by atoms with Gasteiger partial charge in [-0.2, -0.15) is 0 Å². The normalized spacial score (nSPS) is 28.6. The van der Waals surface area contributed by atoms with Gasteiger partial charge in [-0.15, -0.1) is 0 Å². The molecule has 3 N–H and O–H groups in total. The highest BCUT2D eigenvalue weighted by atomic mass is 32.2. The Morgan fingerprint density at radius 1 is 0.970 bits per heavy atom. The first kappa shape index (κ1) is 21.9. The van der Waals surface area contributed by atoms with E-state index in [1.165, 1.54) is 17.8 Å². The molecule has 0 saturated carbocycles. The van der Waals surface area contributed by atoms with Crippen molar-refractivity contribution in [3.05, 3.63) is 70.8 Å². The molecule has 0 bridgehead atoms. The summed E-state index contributed by atoms with van der Waals surface area (Å²) in [6, 6.07) is 13.0. The number of hydrogen-bond acceptors (Lipinski definition) is 7. The number of ether oxygens (including phenoxy) is 1. The minimum Gasteiger partial charge on any atom is -0.478 e. The third kappa shape index (κ3) is 3.80. The average Bonchev–Trinajstić information content (AvgIpc) is 3.19. The number of carboxylic acid groups (broad SMARTS) is 2. The number of amidine groups is 1. The Hall–Kier alpha value is -2.88. The summed E-state index contributed by atoms with van der Waals surface area (Å²) in [7, 11) is 0. The number of fused-ring (bicyclic) bond motifs is 1. The first-order valence-electron chi connectivity index (χ1n) is 10.9. The summed E-state index contributed by atoms with van der Waals surface area (Å²) in [5.74, 6) is -3.22. The van der Waals surface area contributed by atoms with Gasteiger partial charge < -0.3 is 25.0 Å². The Kier molecular flexibility index (Phi) is 5.86. The summed E-state index contributed by atoms with van der Waals surface area (Å²) in [5.41, 5.74) is 0.943. The number of aliphatic hydroxyl groups excluding tert-OH is 1. The van der Waals surface area contributed by atoms with Gasteiger partial charge >= 0.3 is 11.9 Å². The number of hydrogen-bond donors (Lipinski definition) is 3. The number of nitrogens with zero attached hydrogens (tertiary/aromatic N) is 2. The zero-order valence-electron chi connectivity index (χ0n) is 17.7. The van der Waals surface area contributed by atoms with Crippen LogP contribution in [0.15, 0.2) is 53.5 Å². The Balaban J connectivity index is 1.70. The van der Waals surface area contributed by atoms with E-state index in [9.17, 15) is 24.9 Å². The van der Waals surface area contributed by atoms with Crippen molar-refractivity contribution < 1.29 is 29.6 Å². The Morgan fingerprint density at radius 3 is 2.06 bits per heavy atom. The maximum absolute atomic E-state index is 12.1. The number of aromatic carboxylic acids is 2. The van der Waals surface area contributed by atoms with Crippen molar-refractivity contribution in [2.75, 3.05) is 19.7 Å². The molecule has 9 heteroatoms. The van der Waals surface area contributed by atoms with Crippen LogP contribution >= 0.6 is 11.8 Å². The van der Waals surface area contributed by atoms with Gasteiger partial charge in [0, 0.05) is 24.9 Å². The molecule has 3 heterocycles. The van der Waals surface area contributed by atoms with E-state index < -0.39 is 41.4 Å². The highest BCUT2D eigenvalue weighted by molar-refractivity contribution is 8.14. The van der Waals surface area contributed by atoms with Crippen molar-refractivity contribution in [3.8, 4) is 0 Å². The van der Waals surface area contributed by atoms with Crippen LogP contribution in [0.2, 0.25) is 0 Å². The second-order valence-electron chi connectivity index (χ2n) is 8.42. The van der Waals surface area contributed by atoms with E-state index in [2.05, 4.69) is 4.90 Å². The quantitative estimate of drug-likeness (QED) is 0.613. The van der Waals surface area contributed by atoms with E-state index in [0.29, 0.717) is 11.1 Å². The summed E-state index contributed by atoms with van der Waals surface area (Å²) < 4.78 is 6.29. The summed E-state index contributed by atoms with van der Waals surface area (Å²) >= 11 is 1.50. The minimum atomic E-state index is -1.08. The number of thioether (sulfide) groups is 1. The van der Waals surface area contributed by atoms with Crippen LogP contribution in [0.1, 0.15) is 50.1 Å². The van der Waals surface area contributed by atoms with E-state index in [0.717, 1.165) is 24.7 Å². The lowest BCUT2D eigenvalue weighted by Crippen LogP contribution is -2.47. The predicted octanol–water partition coefficient (Wildman–Crippen LogP) is 2.84. The first-order valence-corrected chi connectivity index (χ1v) is 11.8. The second-order valence-corrected chi connectivity index (χ2v) is 9.49. The summed E-state index contributed by atoms with van der Waals surface area (Å²) in [5, 5.41) is 30.9. The smallest absolute Gasteiger partial charge is 0.335 e. The van der Waals surface area contributed by atoms with Gasteiger partial charge in [-0.05, 0) is 29.7 Å². The molecule has 2 fully saturated rings. The molecule has 0 unspecified atom stereocenters. The lowest BCUT2D eigenvalue weighted by molar-refractivity contribution is -0.0636. The van der Waals surface area contributed by atoms with E-state index >= 15 is 0 Å². The highest BCUT2D eigenvalue weighted by Crippen LogP contribution is 2.52. The highest BCUT2D eigenvalue weighted by Gasteiger charge is 2.52. The van der Waals surface area contributed by atoms with Crippen LogP contribution in [0.25, 0.3) is 0 Å². The summed E-state index contributed by atoms with van der Waals surface area (Å²) in [4.78, 5) is 31.3. The van der Waals surface area contributed by atoms with Crippen LogP contribution in [0.5, 0.6) is 0 Å². The molecule has 0 aromatic heterocycles. The molecule has 172 valence electrons. The van der Waals surface area contributed by atoms with Crippen molar-refractivity contribution in [1.29, 1.82) is 0 Å². The van der Waals surface area contributed by atoms with Crippen LogP contribution < -0.4 is 0 Å². The molecule has 5 atom stereocenters. The lowest BCUT2D eigenvalue weighted by Gasteiger charge is -2.44. The van der Waals surface area contributed by atoms with Gasteiger partial charge in [0.1, 0.15) is 5.44 Å². The van der Waals surface area contributed by atoms with Crippen molar-refractivity contribution in [1.82, 2.24) is 4.90 Å². The van der Waals surface area contributed by atoms with Gasteiger partial charge in [-0.25, -0.2) is 9.59 Å². The van der Waals surface area contributed by atoms with E-state index in [1.807, 2.05) is 0 Å². The fraction of sp³-hybridized carbons (Fsp3) is 0.375. The number of rotatable bonds is 5. The zero-order valence-corrected chi connectivity index (χ0v) is 18.5. The number of carbonyl (C=O) groups is 2. The van der Waals surface area contributed by atoms with E-state index in [4.69, 9.17) is 9.73 Å². The summed E-state index contributed by atoms with van der Waals surface area (Å²) in [6.45, 7) is 1.50. The number of aliphatic imine (C=N–C) groups is 1. The van der Waals surface area contributed by atoms with Gasteiger partial charge in [0.15, 0.2) is 5.17 Å². The molecular weight excluding hydrogens is 444 g/mol. The molecule has 8 nitrogen and oxygen atoms in total. The molecule has 2 aromatic rings. The topological polar surface area (TPSA) is 120 Å². The minimum absolute atomic E-state index is 0.110. The van der Waals surface area contributed by atoms with Crippen molar-refractivity contribution in [3.63, 3.8) is 0 Å². The Bertz CT molecular complexity index is 1120. The molecule has 0 radical (unpaired) electrons. The lowest BCUT2D eigenvalue weighted by atomic mass is 9.70. The fourth-order valence-electron chi connectivity index (χ4n) is 5.01. The number of benzene rings is 2. The molecule has 2 aromatic carbocycles. The van der Waals surface area contributed by atoms with Gasteiger partial charge in [-0.1, -0.05) is 48.2 Å². The maximum Gasteiger partial charge on any atom is 0.335 e. The molecule has 3 aliphatic heterocycles. The number of carboxylic acids is 2. The molecule has 33 heavy (non-hydrogen) atoms. The van der Waals surface area contributed by atoms with Crippen LogP contribution in [0.3, 0.4) is 0 Å². The third-order valence-corrected chi connectivity index (χ3v) is 7.83. The van der Waals surface area contributed by atoms with Crippen LogP contribution in [0, 0.1) is 0 Å². The Labute approximate surface area is 194 Å². The van der Waals surface area contributed by atoms with Crippen molar-refractivity contribution in [2.45, 2.75) is 35.8 Å². The van der Waals surface area contributed by atoms with Crippen LogP contribution in [-0.4, -0.2) is 74.6 Å². The average molecular weight is 469 g/mol. The molecule has 0 spiro atoms. The molecule has 0 amide bonds. The number of likely N-dealkylation sites (tertiary alicyclic amines) is 1. The zero-order chi connectivity index (χ0) is 23.1. The van der Waals surface area contributed by atoms with Crippen LogP contribution in [0.4, 0.5) is 0 Å². The molecule has 2 saturated heterocycles. The summed E-state index contributed by atoms with van der Waals surface area (Å²) in [6.07, 6.45) is 0.381. The SMILES string of the molecule is O=C(O)c1ccccc1[C@@H]1[C@H]2N=C(N3CCC3)S[C@H]2O[C@@H](CO)[C@@H]1c1ccccc1C(=O)O. The molecule has 0 aliphatic carbocycles. The van der Waals surface area contributed by atoms with Gasteiger partial charge in [0.2, 0.25) is 0 Å². The predicted molar refractivity (Wildman–Crippen MR) is 123 cm³/mol. The second kappa shape index (κ2) is 8.81. The van der Waals surface area contributed by atoms with Gasteiger partial charge in [0.25, 0.3) is 0 Å². The molecule has 3 aliphatic rings. The van der Waals surface area contributed by atoms with Crippen molar-refractivity contribution in [2.24, 2.45) is 4.99 Å². The first-order chi connectivity index (χ1) is 16.0. The molecule has 5 rings (SSSR count). The maximum atomic E-state index is 12.1. The fourth-order valence-corrected chi connectivity index (χ4v) is 6.30. The van der Waals surface area contributed by atoms with Crippen LogP contribution in [-0.2, 0) is 4.74 Å². The third-order valence-electron chi connectivity index (χ3n) is 6.63. The monoisotopic (exact) mass is 468 g/mol. The van der Waals surface area contributed by atoms with Crippen molar-refractivity contribution >= 4 is 28.9 Å².